The van der Waals surface area contributed by atoms with Crippen LogP contribution in [0.1, 0.15) is 27.6 Å². The fourth-order valence-electron chi connectivity index (χ4n) is 2.00. The van der Waals surface area contributed by atoms with Crippen LogP contribution in [-0.4, -0.2) is 25.5 Å². The molecule has 0 saturated carbocycles. The number of hydrogen-bond donors (Lipinski definition) is 2. The van der Waals surface area contributed by atoms with Crippen LogP contribution in [-0.2, 0) is 0 Å². The van der Waals surface area contributed by atoms with Crippen molar-refractivity contribution in [2.75, 3.05) is 19.0 Å². The number of benzene rings is 2. The molecule has 0 aromatic heterocycles. The summed E-state index contributed by atoms with van der Waals surface area (Å²) >= 11 is 3.38. The first-order chi connectivity index (χ1) is 11.0. The average molecular weight is 377 g/mol. The lowest BCUT2D eigenvalue weighted by molar-refractivity contribution is 0.0961. The lowest BCUT2D eigenvalue weighted by Gasteiger charge is -2.09. The van der Waals surface area contributed by atoms with Crippen molar-refractivity contribution < 1.29 is 14.3 Å². The van der Waals surface area contributed by atoms with Gasteiger partial charge < -0.3 is 15.4 Å². The maximum absolute atomic E-state index is 12.3. The average Bonchev–Trinajstić information content (AvgIpc) is 2.56. The summed E-state index contributed by atoms with van der Waals surface area (Å²) in [4.78, 5) is 23.9. The molecule has 0 saturated heterocycles. The van der Waals surface area contributed by atoms with Crippen molar-refractivity contribution in [3.63, 3.8) is 0 Å². The van der Waals surface area contributed by atoms with E-state index in [2.05, 4.69) is 26.6 Å². The number of amides is 2. The number of anilines is 1. The van der Waals surface area contributed by atoms with Gasteiger partial charge in [-0.1, -0.05) is 6.07 Å². The number of nitrogens with one attached hydrogen (secondary N) is 2. The molecule has 0 aliphatic carbocycles. The normalized spacial score (nSPS) is 10.0. The molecule has 120 valence electrons. The van der Waals surface area contributed by atoms with E-state index in [1.807, 2.05) is 6.92 Å². The minimum Gasteiger partial charge on any atom is -0.493 e. The topological polar surface area (TPSA) is 67.4 Å². The van der Waals surface area contributed by atoms with Crippen LogP contribution in [0.2, 0.25) is 0 Å². The zero-order chi connectivity index (χ0) is 16.8. The minimum absolute atomic E-state index is 0.204. The zero-order valence-corrected chi connectivity index (χ0v) is 14.4. The second kappa shape index (κ2) is 7.78. The third kappa shape index (κ3) is 4.32. The van der Waals surface area contributed by atoms with E-state index in [1.54, 1.807) is 49.5 Å². The highest BCUT2D eigenvalue weighted by Crippen LogP contribution is 2.26. The number of rotatable bonds is 5. The summed E-state index contributed by atoms with van der Waals surface area (Å²) in [6, 6.07) is 11.9. The van der Waals surface area contributed by atoms with Crippen molar-refractivity contribution >= 4 is 33.4 Å². The van der Waals surface area contributed by atoms with Crippen LogP contribution in [0.25, 0.3) is 0 Å². The van der Waals surface area contributed by atoms with Crippen molar-refractivity contribution in [3.8, 4) is 5.75 Å². The first-order valence-corrected chi connectivity index (χ1v) is 7.90. The van der Waals surface area contributed by atoms with Crippen molar-refractivity contribution in [1.82, 2.24) is 5.32 Å². The highest BCUT2D eigenvalue weighted by Gasteiger charge is 2.11. The maximum Gasteiger partial charge on any atom is 0.255 e. The molecule has 0 bridgehead atoms. The third-order valence-corrected chi connectivity index (χ3v) is 3.72. The third-order valence-electron chi connectivity index (χ3n) is 3.10. The molecule has 2 aromatic carbocycles. The van der Waals surface area contributed by atoms with E-state index >= 15 is 0 Å². The van der Waals surface area contributed by atoms with Gasteiger partial charge in [0.15, 0.2) is 0 Å². The highest BCUT2D eigenvalue weighted by atomic mass is 79.9. The van der Waals surface area contributed by atoms with Gasteiger partial charge in [-0.2, -0.15) is 0 Å². The second-order valence-corrected chi connectivity index (χ2v) is 5.55. The fraction of sp³-hybridized carbons (Fsp3) is 0.176. The number of carbonyl (C=O) groups excluding carboxylic acids is 2. The standard InChI is InChI=1S/C17H17BrN2O3/c1-3-23-15-8-7-12(10-14(15)18)17(22)20-13-6-4-5-11(9-13)16(21)19-2/h4-10H,3H2,1-2H3,(H,19,21)(H,20,22). The Morgan fingerprint density at radius 3 is 2.48 bits per heavy atom. The first kappa shape index (κ1) is 17.0. The number of ether oxygens (including phenoxy) is 1. The van der Waals surface area contributed by atoms with E-state index in [0.717, 1.165) is 0 Å². The second-order valence-electron chi connectivity index (χ2n) is 4.69. The van der Waals surface area contributed by atoms with E-state index in [9.17, 15) is 9.59 Å². The summed E-state index contributed by atoms with van der Waals surface area (Å²) in [6.45, 7) is 2.45. The minimum atomic E-state index is -0.261. The van der Waals surface area contributed by atoms with Crippen LogP contribution in [0.5, 0.6) is 5.75 Å². The molecule has 0 aliphatic heterocycles. The van der Waals surface area contributed by atoms with Gasteiger partial charge in [-0.15, -0.1) is 0 Å². The van der Waals surface area contributed by atoms with E-state index in [1.165, 1.54) is 0 Å². The molecule has 0 atom stereocenters. The highest BCUT2D eigenvalue weighted by molar-refractivity contribution is 9.10. The predicted octanol–water partition coefficient (Wildman–Crippen LogP) is 3.46. The van der Waals surface area contributed by atoms with Crippen LogP contribution >= 0.6 is 15.9 Å². The Morgan fingerprint density at radius 2 is 1.83 bits per heavy atom. The van der Waals surface area contributed by atoms with Gasteiger partial charge in [0.25, 0.3) is 11.8 Å². The summed E-state index contributed by atoms with van der Waals surface area (Å²) in [5, 5.41) is 5.32. The SMILES string of the molecule is CCOc1ccc(C(=O)Nc2cccc(C(=O)NC)c2)cc1Br. The Labute approximate surface area is 143 Å². The number of carbonyl (C=O) groups is 2. The van der Waals surface area contributed by atoms with Gasteiger partial charge in [-0.25, -0.2) is 0 Å². The molecule has 0 unspecified atom stereocenters. The molecule has 0 spiro atoms. The number of hydrogen-bond acceptors (Lipinski definition) is 3. The quantitative estimate of drug-likeness (QED) is 0.839. The van der Waals surface area contributed by atoms with Crippen LogP contribution in [0.3, 0.4) is 0 Å². The van der Waals surface area contributed by atoms with Gasteiger partial charge in [0.1, 0.15) is 5.75 Å². The van der Waals surface area contributed by atoms with Gasteiger partial charge in [0.2, 0.25) is 0 Å². The molecule has 2 aromatic rings. The summed E-state index contributed by atoms with van der Waals surface area (Å²) in [5.41, 5.74) is 1.53. The molecule has 2 rings (SSSR count). The van der Waals surface area contributed by atoms with E-state index in [4.69, 9.17) is 4.74 Å². The van der Waals surface area contributed by atoms with Crippen LogP contribution in [0.15, 0.2) is 46.9 Å². The van der Waals surface area contributed by atoms with Gasteiger partial charge in [0, 0.05) is 23.9 Å². The predicted molar refractivity (Wildman–Crippen MR) is 93.1 cm³/mol. The molecular weight excluding hydrogens is 360 g/mol. The first-order valence-electron chi connectivity index (χ1n) is 7.11. The Morgan fingerprint density at radius 1 is 1.09 bits per heavy atom. The maximum atomic E-state index is 12.3. The summed E-state index contributed by atoms with van der Waals surface area (Å²) in [6.07, 6.45) is 0. The molecule has 0 fully saturated rings. The lowest BCUT2D eigenvalue weighted by atomic mass is 10.1. The van der Waals surface area contributed by atoms with Crippen molar-refractivity contribution in [2.45, 2.75) is 6.92 Å². The van der Waals surface area contributed by atoms with Crippen molar-refractivity contribution in [1.29, 1.82) is 0 Å². The van der Waals surface area contributed by atoms with Gasteiger partial charge in [-0.3, -0.25) is 9.59 Å². The Hall–Kier alpha value is -2.34. The molecular formula is C17H17BrN2O3. The largest absolute Gasteiger partial charge is 0.493 e. The summed E-state index contributed by atoms with van der Waals surface area (Å²) in [7, 11) is 1.56. The van der Waals surface area contributed by atoms with Crippen molar-refractivity contribution in [2.24, 2.45) is 0 Å². The van der Waals surface area contributed by atoms with Crippen LogP contribution < -0.4 is 15.4 Å². The van der Waals surface area contributed by atoms with Crippen molar-refractivity contribution in [3.05, 3.63) is 58.1 Å². The Kier molecular flexibility index (Phi) is 5.76. The van der Waals surface area contributed by atoms with Gasteiger partial charge in [-0.05, 0) is 59.3 Å². The van der Waals surface area contributed by atoms with Crippen LogP contribution in [0.4, 0.5) is 5.69 Å². The van der Waals surface area contributed by atoms with Gasteiger partial charge in [0.05, 0.1) is 11.1 Å². The fourth-order valence-corrected chi connectivity index (χ4v) is 2.49. The molecule has 5 nitrogen and oxygen atoms in total. The van der Waals surface area contributed by atoms with E-state index in [0.29, 0.717) is 33.6 Å². The summed E-state index contributed by atoms with van der Waals surface area (Å²) < 4.78 is 6.14. The molecule has 2 N–H and O–H groups in total. The Balaban J connectivity index is 2.16. The lowest BCUT2D eigenvalue weighted by Crippen LogP contribution is -2.18. The molecule has 0 aliphatic rings. The molecule has 2 amide bonds. The monoisotopic (exact) mass is 376 g/mol. The molecule has 6 heteroatoms. The smallest absolute Gasteiger partial charge is 0.255 e. The summed E-state index contributed by atoms with van der Waals surface area (Å²) in [5.74, 6) is 0.221. The zero-order valence-electron chi connectivity index (χ0n) is 12.9. The van der Waals surface area contributed by atoms with E-state index < -0.39 is 0 Å². The number of halogens is 1. The van der Waals surface area contributed by atoms with E-state index in [-0.39, 0.29) is 11.8 Å². The molecule has 23 heavy (non-hydrogen) atoms. The van der Waals surface area contributed by atoms with Gasteiger partial charge >= 0.3 is 0 Å². The molecule has 0 radical (unpaired) electrons. The Bertz CT molecular complexity index is 732. The van der Waals surface area contributed by atoms with Crippen LogP contribution in [0, 0.1) is 0 Å². The molecule has 0 heterocycles.